The molecule has 0 spiro atoms. The molecule has 160 valence electrons. The molecular weight excluding hydrogens is 503 g/mol. The molecule has 29 heavy (non-hydrogen) atoms. The molecule has 0 fully saturated rings. The molecule has 0 bridgehead atoms. The summed E-state index contributed by atoms with van der Waals surface area (Å²) in [5, 5.41) is 3.33. The molecule has 0 radical (unpaired) electrons. The van der Waals surface area contributed by atoms with Crippen LogP contribution in [-0.2, 0) is 28.9 Å². The van der Waals surface area contributed by atoms with Crippen molar-refractivity contribution in [3.8, 4) is 5.75 Å². The molecule has 0 aliphatic carbocycles. The first-order chi connectivity index (χ1) is 13.4. The van der Waals surface area contributed by atoms with Gasteiger partial charge in [0.15, 0.2) is 5.96 Å². The van der Waals surface area contributed by atoms with Crippen molar-refractivity contribution < 1.29 is 13.2 Å². The Morgan fingerprint density at radius 2 is 1.59 bits per heavy atom. The number of nitrogens with one attached hydrogen (secondary N) is 2. The minimum absolute atomic E-state index is 0. The Balaban J connectivity index is 0.00000420. The van der Waals surface area contributed by atoms with E-state index < -0.39 is 10.0 Å². The average Bonchev–Trinajstić information content (AvgIpc) is 2.70. The van der Waals surface area contributed by atoms with Crippen molar-refractivity contribution in [3.05, 3.63) is 65.2 Å². The first-order valence-electron chi connectivity index (χ1n) is 8.90. The molecule has 0 aliphatic heterocycles. The Hall–Kier alpha value is -1.85. The summed E-state index contributed by atoms with van der Waals surface area (Å²) in [7, 11) is 3.54. The largest absolute Gasteiger partial charge is 0.497 e. The maximum absolute atomic E-state index is 11.6. The zero-order valence-electron chi connectivity index (χ0n) is 17.2. The van der Waals surface area contributed by atoms with Crippen LogP contribution >= 0.6 is 24.0 Å². The van der Waals surface area contributed by atoms with E-state index >= 15 is 0 Å². The molecule has 0 amide bonds. The van der Waals surface area contributed by atoms with E-state index in [2.05, 4.69) is 15.0 Å². The van der Waals surface area contributed by atoms with Crippen LogP contribution in [0.15, 0.2) is 53.5 Å². The van der Waals surface area contributed by atoms with Gasteiger partial charge in [-0.15, -0.1) is 24.0 Å². The Labute approximate surface area is 190 Å². The second kappa shape index (κ2) is 12.0. The minimum atomic E-state index is -3.26. The topological polar surface area (TPSA) is 83.0 Å². The highest BCUT2D eigenvalue weighted by atomic mass is 127. The van der Waals surface area contributed by atoms with Gasteiger partial charge < -0.3 is 15.0 Å². The molecule has 0 aliphatic rings. The third kappa shape index (κ3) is 8.19. The Bertz CT molecular complexity index is 885. The molecule has 0 atom stereocenters. The first-order valence-corrected chi connectivity index (χ1v) is 10.6. The molecular formula is C20H29IN4O3S. The molecule has 0 unspecified atom stereocenters. The predicted octanol–water partition coefficient (Wildman–Crippen LogP) is 2.57. The monoisotopic (exact) mass is 532 g/mol. The van der Waals surface area contributed by atoms with Crippen molar-refractivity contribution in [2.45, 2.75) is 18.8 Å². The highest BCUT2D eigenvalue weighted by Crippen LogP contribution is 2.13. The summed E-state index contributed by atoms with van der Waals surface area (Å²) < 4.78 is 30.7. The summed E-state index contributed by atoms with van der Waals surface area (Å²) in [6.07, 6.45) is 0. The fourth-order valence-electron chi connectivity index (χ4n) is 2.69. The van der Waals surface area contributed by atoms with Crippen LogP contribution < -0.4 is 14.8 Å². The van der Waals surface area contributed by atoms with Gasteiger partial charge in [0, 0.05) is 27.2 Å². The van der Waals surface area contributed by atoms with E-state index in [9.17, 15) is 8.42 Å². The van der Waals surface area contributed by atoms with Crippen molar-refractivity contribution >= 4 is 40.0 Å². The first kappa shape index (κ1) is 25.2. The number of aliphatic imine (C=N–C) groups is 1. The molecule has 2 N–H and O–H groups in total. The maximum atomic E-state index is 11.6. The van der Waals surface area contributed by atoms with Crippen molar-refractivity contribution in [1.82, 2.24) is 14.9 Å². The minimum Gasteiger partial charge on any atom is -0.497 e. The molecule has 0 heterocycles. The van der Waals surface area contributed by atoms with Crippen LogP contribution in [0.5, 0.6) is 5.75 Å². The van der Waals surface area contributed by atoms with E-state index in [1.807, 2.05) is 60.5 Å². The molecule has 2 rings (SSSR count). The van der Waals surface area contributed by atoms with E-state index in [0.29, 0.717) is 13.1 Å². The van der Waals surface area contributed by atoms with Gasteiger partial charge in [-0.05, 0) is 35.9 Å². The lowest BCUT2D eigenvalue weighted by molar-refractivity contribution is 0.414. The lowest BCUT2D eigenvalue weighted by Crippen LogP contribution is -2.38. The summed E-state index contributed by atoms with van der Waals surface area (Å²) >= 11 is 0. The summed E-state index contributed by atoms with van der Waals surface area (Å²) in [5.74, 6) is 1.58. The average molecular weight is 532 g/mol. The van der Waals surface area contributed by atoms with Gasteiger partial charge in [-0.25, -0.2) is 13.1 Å². The number of hydrogen-bond donors (Lipinski definition) is 2. The van der Waals surface area contributed by atoms with Crippen LogP contribution in [0.1, 0.15) is 16.7 Å². The molecule has 0 saturated carbocycles. The summed E-state index contributed by atoms with van der Waals surface area (Å²) in [6, 6.07) is 15.4. The molecule has 0 saturated heterocycles. The van der Waals surface area contributed by atoms with Crippen molar-refractivity contribution in [1.29, 1.82) is 0 Å². The number of ether oxygens (including phenoxy) is 1. The third-order valence-electron chi connectivity index (χ3n) is 4.29. The molecule has 2 aromatic carbocycles. The summed E-state index contributed by atoms with van der Waals surface area (Å²) in [4.78, 5) is 6.37. The second-order valence-electron chi connectivity index (χ2n) is 6.38. The van der Waals surface area contributed by atoms with Crippen LogP contribution in [-0.4, -0.2) is 47.5 Å². The number of halogens is 1. The molecule has 9 heteroatoms. The predicted molar refractivity (Wildman–Crippen MR) is 128 cm³/mol. The van der Waals surface area contributed by atoms with Crippen molar-refractivity contribution in [3.63, 3.8) is 0 Å². The number of benzene rings is 2. The molecule has 0 aromatic heterocycles. The number of sulfonamides is 1. The fraction of sp³-hybridized carbons (Fsp3) is 0.350. The highest BCUT2D eigenvalue weighted by Gasteiger charge is 2.09. The van der Waals surface area contributed by atoms with Gasteiger partial charge in [-0.3, -0.25) is 4.99 Å². The fourth-order valence-corrected chi connectivity index (χ4v) is 3.47. The Morgan fingerprint density at radius 3 is 2.10 bits per heavy atom. The van der Waals surface area contributed by atoms with Gasteiger partial charge in [0.05, 0.1) is 12.9 Å². The second-order valence-corrected chi connectivity index (χ2v) is 8.31. The van der Waals surface area contributed by atoms with Crippen LogP contribution in [0.2, 0.25) is 0 Å². The zero-order valence-corrected chi connectivity index (χ0v) is 20.3. The number of nitrogens with zero attached hydrogens (tertiary/aromatic N) is 2. The number of methoxy groups -OCH3 is 1. The lowest BCUT2D eigenvalue weighted by Gasteiger charge is -2.22. The SMILES string of the molecule is CN=C(NCc1ccc(CS(=O)(=O)NC)cc1)N(C)Cc1ccc(OC)cc1.I. The Morgan fingerprint density at radius 1 is 1.03 bits per heavy atom. The van der Waals surface area contributed by atoms with Crippen LogP contribution in [0.25, 0.3) is 0 Å². The highest BCUT2D eigenvalue weighted by molar-refractivity contribution is 14.0. The van der Waals surface area contributed by atoms with E-state index in [1.165, 1.54) is 7.05 Å². The van der Waals surface area contributed by atoms with Gasteiger partial charge in [-0.2, -0.15) is 0 Å². The van der Waals surface area contributed by atoms with Crippen LogP contribution in [0, 0.1) is 0 Å². The van der Waals surface area contributed by atoms with Gasteiger partial charge in [0.25, 0.3) is 0 Å². The zero-order chi connectivity index (χ0) is 20.6. The molecule has 2 aromatic rings. The third-order valence-corrected chi connectivity index (χ3v) is 5.63. The van der Waals surface area contributed by atoms with E-state index in [1.54, 1.807) is 14.2 Å². The normalized spacial score (nSPS) is 11.5. The molecule has 7 nitrogen and oxygen atoms in total. The van der Waals surface area contributed by atoms with Crippen LogP contribution in [0.3, 0.4) is 0 Å². The van der Waals surface area contributed by atoms with Crippen LogP contribution in [0.4, 0.5) is 0 Å². The summed E-state index contributed by atoms with van der Waals surface area (Å²) in [5.41, 5.74) is 2.95. The summed E-state index contributed by atoms with van der Waals surface area (Å²) in [6.45, 7) is 1.31. The number of hydrogen-bond acceptors (Lipinski definition) is 4. The van der Waals surface area contributed by atoms with Gasteiger partial charge in [0.1, 0.15) is 5.75 Å². The standard InChI is InChI=1S/C20H28N4O3S.HI/c1-21-20(24(3)14-17-9-11-19(27-4)12-10-17)23-13-16-5-7-18(8-6-16)15-28(25,26)22-2;/h5-12,22H,13-15H2,1-4H3,(H,21,23);1H. The van der Waals surface area contributed by atoms with E-state index in [-0.39, 0.29) is 29.7 Å². The van der Waals surface area contributed by atoms with Crippen molar-refractivity contribution in [2.24, 2.45) is 4.99 Å². The van der Waals surface area contributed by atoms with E-state index in [4.69, 9.17) is 4.74 Å². The number of rotatable bonds is 8. The quantitative estimate of drug-likeness (QED) is 0.310. The Kier molecular flexibility index (Phi) is 10.4. The van der Waals surface area contributed by atoms with Crippen molar-refractivity contribution in [2.75, 3.05) is 28.3 Å². The lowest BCUT2D eigenvalue weighted by atomic mass is 10.1. The van der Waals surface area contributed by atoms with Gasteiger partial charge in [0.2, 0.25) is 10.0 Å². The number of guanidine groups is 1. The smallest absolute Gasteiger partial charge is 0.215 e. The van der Waals surface area contributed by atoms with Gasteiger partial charge in [-0.1, -0.05) is 36.4 Å². The maximum Gasteiger partial charge on any atom is 0.215 e. The van der Waals surface area contributed by atoms with Gasteiger partial charge >= 0.3 is 0 Å². The van der Waals surface area contributed by atoms with E-state index in [0.717, 1.165) is 28.4 Å².